The van der Waals surface area contributed by atoms with Crippen molar-refractivity contribution in [1.29, 1.82) is 0 Å². The fraction of sp³-hybridized carbons (Fsp3) is 0.630. The first kappa shape index (κ1) is 25.1. The van der Waals surface area contributed by atoms with Crippen LogP contribution in [-0.2, 0) is 19.3 Å². The van der Waals surface area contributed by atoms with Crippen LogP contribution in [0.4, 0.5) is 0 Å². The minimum atomic E-state index is 0.652. The van der Waals surface area contributed by atoms with Gasteiger partial charge in [0, 0.05) is 16.5 Å². The second kappa shape index (κ2) is 13.9. The van der Waals surface area contributed by atoms with Crippen molar-refractivity contribution >= 4 is 11.3 Å². The van der Waals surface area contributed by atoms with E-state index in [4.69, 9.17) is 9.47 Å². The first-order chi connectivity index (χ1) is 15.8. The molecule has 0 fully saturated rings. The van der Waals surface area contributed by atoms with Crippen molar-refractivity contribution in [2.24, 2.45) is 0 Å². The van der Waals surface area contributed by atoms with Crippen molar-refractivity contribution < 1.29 is 9.47 Å². The van der Waals surface area contributed by atoms with Gasteiger partial charge in [-0.15, -0.1) is 11.3 Å². The summed E-state index contributed by atoms with van der Waals surface area (Å²) >= 11 is 1.86. The van der Waals surface area contributed by atoms with Crippen LogP contribution < -0.4 is 14.8 Å². The lowest BCUT2D eigenvalue weighted by molar-refractivity contribution is 0.175. The number of methoxy groups -OCH3 is 2. The van der Waals surface area contributed by atoms with E-state index in [0.29, 0.717) is 6.04 Å². The van der Waals surface area contributed by atoms with E-state index in [2.05, 4.69) is 46.8 Å². The third-order valence-electron chi connectivity index (χ3n) is 6.63. The van der Waals surface area contributed by atoms with Crippen LogP contribution in [0.2, 0.25) is 0 Å². The third kappa shape index (κ3) is 7.23. The van der Waals surface area contributed by atoms with Crippen molar-refractivity contribution in [3.63, 3.8) is 0 Å². The molecule has 1 aromatic carbocycles. The number of thiophene rings is 1. The number of nitrogens with zero attached hydrogens (tertiary/aromatic N) is 1. The monoisotopic (exact) mass is 458 g/mol. The molecule has 1 heterocycles. The summed E-state index contributed by atoms with van der Waals surface area (Å²) in [6.45, 7) is 6.99. The zero-order chi connectivity index (χ0) is 22.6. The van der Waals surface area contributed by atoms with Crippen LogP contribution in [-0.4, -0.2) is 51.3 Å². The molecule has 0 radical (unpaired) electrons. The number of hydrogen-bond acceptors (Lipinski definition) is 5. The van der Waals surface area contributed by atoms with Gasteiger partial charge in [0.2, 0.25) is 0 Å². The molecule has 1 atom stereocenters. The summed E-state index contributed by atoms with van der Waals surface area (Å²) in [6.07, 6.45) is 11.1. The number of ether oxygens (including phenoxy) is 2. The number of nitrogens with one attached hydrogen (secondary N) is 1. The van der Waals surface area contributed by atoms with E-state index < -0.39 is 0 Å². The minimum Gasteiger partial charge on any atom is -0.493 e. The van der Waals surface area contributed by atoms with Gasteiger partial charge in [-0.1, -0.05) is 31.9 Å². The van der Waals surface area contributed by atoms with Crippen LogP contribution in [0.1, 0.15) is 61.5 Å². The van der Waals surface area contributed by atoms with Crippen LogP contribution in [0, 0.1) is 0 Å². The lowest BCUT2D eigenvalue weighted by atomic mass is 9.86. The van der Waals surface area contributed by atoms with E-state index in [-0.39, 0.29) is 0 Å². The molecular formula is C27H42N2O2S. The van der Waals surface area contributed by atoms with E-state index in [0.717, 1.165) is 43.9 Å². The van der Waals surface area contributed by atoms with Gasteiger partial charge in [0.1, 0.15) is 0 Å². The highest BCUT2D eigenvalue weighted by Gasteiger charge is 2.26. The molecule has 4 nitrogen and oxygen atoms in total. The van der Waals surface area contributed by atoms with Crippen LogP contribution in [0.3, 0.4) is 0 Å². The summed E-state index contributed by atoms with van der Waals surface area (Å²) in [5.41, 5.74) is 2.79. The van der Waals surface area contributed by atoms with Gasteiger partial charge in [-0.2, -0.15) is 0 Å². The summed E-state index contributed by atoms with van der Waals surface area (Å²) in [5, 5.41) is 5.76. The highest BCUT2D eigenvalue weighted by Crippen LogP contribution is 2.38. The van der Waals surface area contributed by atoms with Gasteiger partial charge in [0.05, 0.1) is 14.2 Å². The Kier molecular flexibility index (Phi) is 10.9. The lowest BCUT2D eigenvalue weighted by Crippen LogP contribution is -2.40. The van der Waals surface area contributed by atoms with Gasteiger partial charge in [0.25, 0.3) is 0 Å². The number of hydrogen-bond donors (Lipinski definition) is 1. The Hall–Kier alpha value is -1.56. The Labute approximate surface area is 199 Å². The maximum absolute atomic E-state index is 5.68. The summed E-state index contributed by atoms with van der Waals surface area (Å²) in [4.78, 5) is 4.23. The molecule has 0 amide bonds. The van der Waals surface area contributed by atoms with Crippen molar-refractivity contribution in [1.82, 2.24) is 10.2 Å². The SMILES string of the molecule is CCCN(CCCCCCNCCc1cccs1)[C@H]1CCc2c(ccc(OC)c2OC)C1. The molecule has 1 N–H and O–H groups in total. The largest absolute Gasteiger partial charge is 0.493 e. The van der Waals surface area contributed by atoms with Crippen molar-refractivity contribution in [2.75, 3.05) is 40.4 Å². The normalized spacial score (nSPS) is 15.7. The Morgan fingerprint density at radius 3 is 2.66 bits per heavy atom. The van der Waals surface area contributed by atoms with Crippen LogP contribution in [0.25, 0.3) is 0 Å². The molecular weight excluding hydrogens is 416 g/mol. The number of benzene rings is 1. The van der Waals surface area contributed by atoms with E-state index in [9.17, 15) is 0 Å². The molecule has 0 bridgehead atoms. The maximum atomic E-state index is 5.68. The van der Waals surface area contributed by atoms with Crippen molar-refractivity contribution in [3.8, 4) is 11.5 Å². The average Bonchev–Trinajstić information content (AvgIpc) is 3.34. The molecule has 5 heteroatoms. The molecule has 0 aliphatic heterocycles. The standard InChI is InChI=1S/C27H42N2O2S/c1-4-18-29(19-8-6-5-7-16-28-17-15-24-10-9-20-32-24)23-12-13-25-22(21-23)11-14-26(30-2)27(25)31-3/h9-11,14,20,23,28H,4-8,12-13,15-19,21H2,1-3H3/t23-/m0/s1. The number of rotatable bonds is 15. The highest BCUT2D eigenvalue weighted by atomic mass is 32.1. The van der Waals surface area contributed by atoms with Crippen LogP contribution in [0.15, 0.2) is 29.6 Å². The number of unbranched alkanes of at least 4 members (excludes halogenated alkanes) is 3. The van der Waals surface area contributed by atoms with Gasteiger partial charge in [0.15, 0.2) is 11.5 Å². The first-order valence-electron chi connectivity index (χ1n) is 12.5. The molecule has 0 unspecified atom stereocenters. The Bertz CT molecular complexity index is 778. The van der Waals surface area contributed by atoms with Crippen molar-refractivity contribution in [2.45, 2.75) is 70.8 Å². The van der Waals surface area contributed by atoms with Gasteiger partial charge < -0.3 is 19.7 Å². The minimum absolute atomic E-state index is 0.652. The zero-order valence-electron chi connectivity index (χ0n) is 20.3. The molecule has 1 aromatic heterocycles. The summed E-state index contributed by atoms with van der Waals surface area (Å²) in [7, 11) is 3.48. The van der Waals surface area contributed by atoms with Gasteiger partial charge in [-0.05, 0) is 94.2 Å². The smallest absolute Gasteiger partial charge is 0.164 e. The quantitative estimate of drug-likeness (QED) is 0.346. The topological polar surface area (TPSA) is 33.7 Å². The van der Waals surface area contributed by atoms with E-state index in [1.54, 1.807) is 14.2 Å². The molecule has 0 spiro atoms. The molecule has 3 rings (SSSR count). The average molecular weight is 459 g/mol. The van der Waals surface area contributed by atoms with Gasteiger partial charge in [-0.3, -0.25) is 0 Å². The molecule has 178 valence electrons. The molecule has 1 aliphatic carbocycles. The summed E-state index contributed by atoms with van der Waals surface area (Å²) in [6, 6.07) is 9.34. The number of fused-ring (bicyclic) bond motifs is 1. The molecule has 2 aromatic rings. The molecule has 32 heavy (non-hydrogen) atoms. The third-order valence-corrected chi connectivity index (χ3v) is 7.57. The predicted molar refractivity (Wildman–Crippen MR) is 137 cm³/mol. The fourth-order valence-corrected chi connectivity index (χ4v) is 5.66. The summed E-state index contributed by atoms with van der Waals surface area (Å²) in [5.74, 6) is 1.80. The molecule has 1 aliphatic rings. The second-order valence-electron chi connectivity index (χ2n) is 8.86. The molecule has 0 saturated heterocycles. The maximum Gasteiger partial charge on any atom is 0.164 e. The van der Waals surface area contributed by atoms with Crippen LogP contribution in [0.5, 0.6) is 11.5 Å². The Balaban J connectivity index is 1.36. The van der Waals surface area contributed by atoms with E-state index in [1.807, 2.05) is 11.3 Å². The van der Waals surface area contributed by atoms with Crippen molar-refractivity contribution in [3.05, 3.63) is 45.6 Å². The van der Waals surface area contributed by atoms with Crippen LogP contribution >= 0.6 is 11.3 Å². The lowest BCUT2D eigenvalue weighted by Gasteiger charge is -2.36. The molecule has 0 saturated carbocycles. The Morgan fingerprint density at radius 1 is 1.03 bits per heavy atom. The Morgan fingerprint density at radius 2 is 1.91 bits per heavy atom. The van der Waals surface area contributed by atoms with E-state index in [1.165, 1.54) is 67.6 Å². The zero-order valence-corrected chi connectivity index (χ0v) is 21.1. The summed E-state index contributed by atoms with van der Waals surface area (Å²) < 4.78 is 11.2. The fourth-order valence-electron chi connectivity index (χ4n) is 4.95. The van der Waals surface area contributed by atoms with Gasteiger partial charge >= 0.3 is 0 Å². The van der Waals surface area contributed by atoms with Gasteiger partial charge in [-0.25, -0.2) is 0 Å². The highest BCUT2D eigenvalue weighted by molar-refractivity contribution is 7.09. The first-order valence-corrected chi connectivity index (χ1v) is 13.3. The van der Waals surface area contributed by atoms with E-state index >= 15 is 0 Å². The second-order valence-corrected chi connectivity index (χ2v) is 9.90. The predicted octanol–water partition coefficient (Wildman–Crippen LogP) is 5.73.